The first-order valence-corrected chi connectivity index (χ1v) is 7.55. The van der Waals surface area contributed by atoms with E-state index in [2.05, 4.69) is 15.6 Å². The zero-order valence-corrected chi connectivity index (χ0v) is 12.9. The molecule has 9 heteroatoms. The molecule has 1 aliphatic rings. The standard InChI is InChI=1S/C15H17F3N4O2/c1-8(7-23)22-12-3-2-9(20-10-4-5-19-13(10)24)6-11(12)21-14(22)15(16,17)18/h2-3,6,8,10,20,23H,4-5,7H2,1H3,(H,19,24). The fourth-order valence-electron chi connectivity index (χ4n) is 2.85. The van der Waals surface area contributed by atoms with E-state index in [4.69, 9.17) is 0 Å². The Morgan fingerprint density at radius 3 is 2.83 bits per heavy atom. The number of hydrogen-bond acceptors (Lipinski definition) is 4. The highest BCUT2D eigenvalue weighted by atomic mass is 19.4. The summed E-state index contributed by atoms with van der Waals surface area (Å²) in [6.45, 7) is 1.63. The molecule has 2 aromatic rings. The first-order chi connectivity index (χ1) is 11.3. The number of halogens is 3. The van der Waals surface area contributed by atoms with Gasteiger partial charge >= 0.3 is 6.18 Å². The van der Waals surface area contributed by atoms with Gasteiger partial charge in [0, 0.05) is 12.2 Å². The zero-order valence-electron chi connectivity index (χ0n) is 12.9. The number of carbonyl (C=O) groups is 1. The number of imidazole rings is 1. The lowest BCUT2D eigenvalue weighted by Crippen LogP contribution is -2.29. The topological polar surface area (TPSA) is 79.2 Å². The van der Waals surface area contributed by atoms with E-state index in [0.717, 1.165) is 4.57 Å². The molecule has 0 saturated carbocycles. The highest BCUT2D eigenvalue weighted by Gasteiger charge is 2.38. The minimum Gasteiger partial charge on any atom is -0.394 e. The summed E-state index contributed by atoms with van der Waals surface area (Å²) in [6.07, 6.45) is -4.01. The van der Waals surface area contributed by atoms with E-state index < -0.39 is 30.7 Å². The van der Waals surface area contributed by atoms with E-state index in [-0.39, 0.29) is 16.9 Å². The van der Waals surface area contributed by atoms with Crippen LogP contribution in [0.5, 0.6) is 0 Å². The molecule has 130 valence electrons. The molecule has 0 spiro atoms. The quantitative estimate of drug-likeness (QED) is 0.793. The van der Waals surface area contributed by atoms with Gasteiger partial charge in [0.2, 0.25) is 11.7 Å². The number of fused-ring (bicyclic) bond motifs is 1. The van der Waals surface area contributed by atoms with Gasteiger partial charge in [0.1, 0.15) is 6.04 Å². The SMILES string of the molecule is CC(CO)n1c(C(F)(F)F)nc2cc(NC3CCNC3=O)ccc21. The summed E-state index contributed by atoms with van der Waals surface area (Å²) in [5.41, 5.74) is 0.968. The van der Waals surface area contributed by atoms with Gasteiger partial charge in [0.15, 0.2) is 0 Å². The first-order valence-electron chi connectivity index (χ1n) is 7.55. The molecule has 0 bridgehead atoms. The highest BCUT2D eigenvalue weighted by Crippen LogP contribution is 2.34. The third kappa shape index (κ3) is 2.91. The lowest BCUT2D eigenvalue weighted by Gasteiger charge is -2.16. The van der Waals surface area contributed by atoms with E-state index in [0.29, 0.717) is 18.7 Å². The van der Waals surface area contributed by atoms with Gasteiger partial charge in [-0.3, -0.25) is 4.79 Å². The monoisotopic (exact) mass is 342 g/mol. The molecule has 1 saturated heterocycles. The van der Waals surface area contributed by atoms with Gasteiger partial charge in [-0.2, -0.15) is 13.2 Å². The van der Waals surface area contributed by atoms with Crippen molar-refractivity contribution < 1.29 is 23.1 Å². The van der Waals surface area contributed by atoms with Crippen molar-refractivity contribution in [3.05, 3.63) is 24.0 Å². The van der Waals surface area contributed by atoms with Crippen LogP contribution >= 0.6 is 0 Å². The Labute approximate surface area is 135 Å². The van der Waals surface area contributed by atoms with Crippen LogP contribution in [-0.4, -0.2) is 39.8 Å². The van der Waals surface area contributed by atoms with Crippen LogP contribution in [0.2, 0.25) is 0 Å². The van der Waals surface area contributed by atoms with Gasteiger partial charge in [0.05, 0.1) is 23.7 Å². The molecule has 2 unspecified atom stereocenters. The average Bonchev–Trinajstić information content (AvgIpc) is 3.10. The predicted molar refractivity (Wildman–Crippen MR) is 81.6 cm³/mol. The lowest BCUT2D eigenvalue weighted by atomic mass is 10.2. The Morgan fingerprint density at radius 1 is 1.50 bits per heavy atom. The van der Waals surface area contributed by atoms with Crippen LogP contribution in [0.25, 0.3) is 11.0 Å². The Hall–Kier alpha value is -2.29. The number of anilines is 1. The van der Waals surface area contributed by atoms with Crippen LogP contribution in [0, 0.1) is 0 Å². The molecule has 2 atom stereocenters. The number of aliphatic hydroxyl groups excluding tert-OH is 1. The number of alkyl halides is 3. The van der Waals surface area contributed by atoms with Crippen LogP contribution in [0.1, 0.15) is 25.2 Å². The van der Waals surface area contributed by atoms with Crippen LogP contribution in [0.4, 0.5) is 18.9 Å². The molecular weight excluding hydrogens is 325 g/mol. The van der Waals surface area contributed by atoms with Gasteiger partial charge in [0.25, 0.3) is 0 Å². The predicted octanol–water partition coefficient (Wildman–Crippen LogP) is 1.91. The van der Waals surface area contributed by atoms with Crippen LogP contribution in [0.3, 0.4) is 0 Å². The molecular formula is C15H17F3N4O2. The number of benzene rings is 1. The molecule has 1 aromatic carbocycles. The Balaban J connectivity index is 2.02. The third-order valence-electron chi connectivity index (χ3n) is 4.04. The molecule has 24 heavy (non-hydrogen) atoms. The summed E-state index contributed by atoms with van der Waals surface area (Å²) in [5.74, 6) is -1.18. The Morgan fingerprint density at radius 2 is 2.25 bits per heavy atom. The summed E-state index contributed by atoms with van der Waals surface area (Å²) in [7, 11) is 0. The number of nitrogens with zero attached hydrogens (tertiary/aromatic N) is 2. The molecule has 0 aliphatic carbocycles. The van der Waals surface area contributed by atoms with E-state index in [1.54, 1.807) is 6.07 Å². The average molecular weight is 342 g/mol. The first kappa shape index (κ1) is 16.6. The number of rotatable bonds is 4. The number of aromatic nitrogens is 2. The van der Waals surface area contributed by atoms with Crippen molar-refractivity contribution in [3.63, 3.8) is 0 Å². The smallest absolute Gasteiger partial charge is 0.394 e. The molecule has 6 nitrogen and oxygen atoms in total. The molecule has 3 N–H and O–H groups in total. The summed E-state index contributed by atoms with van der Waals surface area (Å²) in [6, 6.07) is 3.44. The fraction of sp³-hybridized carbons (Fsp3) is 0.467. The minimum atomic E-state index is -4.62. The second-order valence-corrected chi connectivity index (χ2v) is 5.81. The van der Waals surface area contributed by atoms with Crippen LogP contribution < -0.4 is 10.6 Å². The molecule has 1 aromatic heterocycles. The summed E-state index contributed by atoms with van der Waals surface area (Å²) >= 11 is 0. The van der Waals surface area contributed by atoms with E-state index >= 15 is 0 Å². The Kier molecular flexibility index (Phi) is 4.12. The maximum atomic E-state index is 13.2. The van der Waals surface area contributed by atoms with Gasteiger partial charge < -0.3 is 20.3 Å². The summed E-state index contributed by atoms with van der Waals surface area (Å²) < 4.78 is 40.7. The van der Waals surface area contributed by atoms with Crippen molar-refractivity contribution in [2.45, 2.75) is 31.6 Å². The molecule has 1 aliphatic heterocycles. The minimum absolute atomic E-state index is 0.134. The molecule has 1 fully saturated rings. The number of hydrogen-bond donors (Lipinski definition) is 3. The number of nitrogens with one attached hydrogen (secondary N) is 2. The van der Waals surface area contributed by atoms with Gasteiger partial charge in [-0.1, -0.05) is 0 Å². The lowest BCUT2D eigenvalue weighted by molar-refractivity contribution is -0.147. The van der Waals surface area contributed by atoms with Gasteiger partial charge in [-0.15, -0.1) is 0 Å². The van der Waals surface area contributed by atoms with Crippen molar-refractivity contribution in [2.75, 3.05) is 18.5 Å². The van der Waals surface area contributed by atoms with Crippen molar-refractivity contribution in [3.8, 4) is 0 Å². The molecule has 1 amide bonds. The van der Waals surface area contributed by atoms with Gasteiger partial charge in [-0.05, 0) is 31.5 Å². The normalized spacial score (nSPS) is 19.5. The number of amides is 1. The van der Waals surface area contributed by atoms with Crippen molar-refractivity contribution >= 4 is 22.6 Å². The summed E-state index contributed by atoms with van der Waals surface area (Å²) in [4.78, 5) is 15.3. The maximum Gasteiger partial charge on any atom is 0.449 e. The molecule has 2 heterocycles. The maximum absolute atomic E-state index is 13.2. The summed E-state index contributed by atoms with van der Waals surface area (Å²) in [5, 5.41) is 14.9. The second kappa shape index (κ2) is 5.97. The van der Waals surface area contributed by atoms with Crippen molar-refractivity contribution in [1.29, 1.82) is 0 Å². The van der Waals surface area contributed by atoms with Crippen LogP contribution in [-0.2, 0) is 11.0 Å². The third-order valence-corrected chi connectivity index (χ3v) is 4.04. The Bertz CT molecular complexity index is 772. The van der Waals surface area contributed by atoms with E-state index in [9.17, 15) is 23.1 Å². The molecule has 3 rings (SSSR count). The highest BCUT2D eigenvalue weighted by molar-refractivity contribution is 5.88. The van der Waals surface area contributed by atoms with E-state index in [1.165, 1.54) is 19.1 Å². The van der Waals surface area contributed by atoms with Crippen LogP contribution in [0.15, 0.2) is 18.2 Å². The molecule has 0 radical (unpaired) electrons. The van der Waals surface area contributed by atoms with Crippen molar-refractivity contribution in [2.24, 2.45) is 0 Å². The second-order valence-electron chi connectivity index (χ2n) is 5.81. The zero-order chi connectivity index (χ0) is 17.5. The largest absolute Gasteiger partial charge is 0.449 e. The van der Waals surface area contributed by atoms with E-state index in [1.807, 2.05) is 0 Å². The number of carbonyl (C=O) groups excluding carboxylic acids is 1. The fourth-order valence-corrected chi connectivity index (χ4v) is 2.85. The van der Waals surface area contributed by atoms with Crippen molar-refractivity contribution in [1.82, 2.24) is 14.9 Å². The number of aliphatic hydroxyl groups is 1. The van der Waals surface area contributed by atoms with Gasteiger partial charge in [-0.25, -0.2) is 4.98 Å².